The van der Waals surface area contributed by atoms with Gasteiger partial charge in [-0.1, -0.05) is 37.0 Å². The monoisotopic (exact) mass is 290 g/mol. The van der Waals surface area contributed by atoms with Crippen LogP contribution >= 0.6 is 23.2 Å². The average molecular weight is 291 g/mol. The molecule has 0 unspecified atom stereocenters. The summed E-state index contributed by atoms with van der Waals surface area (Å²) in [6.07, 6.45) is -0.515. The zero-order chi connectivity index (χ0) is 13.5. The lowest BCUT2D eigenvalue weighted by Crippen LogP contribution is -2.28. The van der Waals surface area contributed by atoms with Gasteiger partial charge in [-0.2, -0.15) is 0 Å². The molecule has 100 valence electrons. The number of ether oxygens (including phenoxy) is 1. The maximum absolute atomic E-state index is 11.4. The van der Waals surface area contributed by atoms with Crippen LogP contribution in [0.2, 0.25) is 10.0 Å². The molecule has 1 rings (SSSR count). The molecule has 0 aliphatic heterocycles. The van der Waals surface area contributed by atoms with Gasteiger partial charge in [-0.3, -0.25) is 5.32 Å². The smallest absolute Gasteiger partial charge is 0.411 e. The summed E-state index contributed by atoms with van der Waals surface area (Å²) >= 11 is 11.6. The van der Waals surface area contributed by atoms with Gasteiger partial charge in [-0.15, -0.1) is 0 Å². The summed E-state index contributed by atoms with van der Waals surface area (Å²) in [5.41, 5.74) is 0.547. The second-order valence-electron chi connectivity index (χ2n) is 4.00. The van der Waals surface area contributed by atoms with Crippen LogP contribution < -0.4 is 10.6 Å². The molecular weight excluding hydrogens is 275 g/mol. The molecule has 0 spiro atoms. The van der Waals surface area contributed by atoms with Crippen LogP contribution in [-0.2, 0) is 4.74 Å². The first kappa shape index (κ1) is 15.1. The Morgan fingerprint density at radius 1 is 1.33 bits per heavy atom. The summed E-state index contributed by atoms with van der Waals surface area (Å²) in [7, 11) is 0. The number of amides is 1. The number of carbonyl (C=O) groups excluding carboxylic acids is 1. The molecule has 1 aromatic rings. The zero-order valence-corrected chi connectivity index (χ0v) is 11.8. The minimum Gasteiger partial charge on any atom is -0.448 e. The topological polar surface area (TPSA) is 50.4 Å². The fourth-order valence-corrected chi connectivity index (χ4v) is 1.52. The SMILES string of the molecule is CC(C)NCCOC(=O)Nc1ccc(Cl)c(Cl)c1. The van der Waals surface area contributed by atoms with Gasteiger partial charge in [0.2, 0.25) is 0 Å². The van der Waals surface area contributed by atoms with E-state index in [2.05, 4.69) is 10.6 Å². The molecule has 0 aliphatic rings. The molecule has 0 bridgehead atoms. The number of hydrogen-bond acceptors (Lipinski definition) is 3. The Morgan fingerprint density at radius 2 is 2.06 bits per heavy atom. The quantitative estimate of drug-likeness (QED) is 0.816. The lowest BCUT2D eigenvalue weighted by atomic mass is 10.3. The number of anilines is 1. The highest BCUT2D eigenvalue weighted by Crippen LogP contribution is 2.24. The van der Waals surface area contributed by atoms with E-state index < -0.39 is 6.09 Å². The van der Waals surface area contributed by atoms with E-state index in [-0.39, 0.29) is 0 Å². The predicted molar refractivity (Wildman–Crippen MR) is 74.6 cm³/mol. The minimum atomic E-state index is -0.515. The summed E-state index contributed by atoms with van der Waals surface area (Å²) in [5, 5.41) is 6.53. The Kier molecular flexibility index (Phi) is 6.25. The van der Waals surface area contributed by atoms with Crippen molar-refractivity contribution >= 4 is 35.0 Å². The van der Waals surface area contributed by atoms with Gasteiger partial charge in [0.15, 0.2) is 0 Å². The van der Waals surface area contributed by atoms with Crippen LogP contribution in [-0.4, -0.2) is 25.3 Å². The van der Waals surface area contributed by atoms with Crippen molar-refractivity contribution in [2.45, 2.75) is 19.9 Å². The highest BCUT2D eigenvalue weighted by Gasteiger charge is 2.05. The molecule has 0 aliphatic carbocycles. The van der Waals surface area contributed by atoms with Crippen LogP contribution in [0, 0.1) is 0 Å². The Balaban J connectivity index is 2.33. The highest BCUT2D eigenvalue weighted by molar-refractivity contribution is 6.42. The van der Waals surface area contributed by atoms with Gasteiger partial charge in [0.05, 0.1) is 10.0 Å². The summed E-state index contributed by atoms with van der Waals surface area (Å²) in [6, 6.07) is 5.20. The Bertz CT molecular complexity index is 411. The van der Waals surface area contributed by atoms with E-state index in [1.54, 1.807) is 18.2 Å². The van der Waals surface area contributed by atoms with Crippen molar-refractivity contribution in [3.63, 3.8) is 0 Å². The fourth-order valence-electron chi connectivity index (χ4n) is 1.22. The van der Waals surface area contributed by atoms with Crippen LogP contribution in [0.3, 0.4) is 0 Å². The molecule has 18 heavy (non-hydrogen) atoms. The molecular formula is C12H16Cl2N2O2. The molecule has 0 aromatic heterocycles. The van der Waals surface area contributed by atoms with Crippen LogP contribution in [0.5, 0.6) is 0 Å². The highest BCUT2D eigenvalue weighted by atomic mass is 35.5. The molecule has 0 fully saturated rings. The van der Waals surface area contributed by atoms with Gasteiger partial charge in [-0.05, 0) is 18.2 Å². The van der Waals surface area contributed by atoms with Crippen molar-refractivity contribution in [1.29, 1.82) is 0 Å². The number of halogens is 2. The number of hydrogen-bond donors (Lipinski definition) is 2. The standard InChI is InChI=1S/C12H16Cl2N2O2/c1-8(2)15-5-6-18-12(17)16-9-3-4-10(13)11(14)7-9/h3-4,7-8,15H,5-6H2,1-2H3,(H,16,17). The molecule has 0 saturated heterocycles. The number of rotatable bonds is 5. The third kappa shape index (κ3) is 5.58. The molecule has 6 heteroatoms. The predicted octanol–water partition coefficient (Wildman–Crippen LogP) is 3.54. The Hall–Kier alpha value is -0.970. The van der Waals surface area contributed by atoms with E-state index in [4.69, 9.17) is 27.9 Å². The molecule has 1 amide bonds. The van der Waals surface area contributed by atoms with Crippen molar-refractivity contribution in [2.75, 3.05) is 18.5 Å². The molecule has 2 N–H and O–H groups in total. The third-order valence-corrected chi connectivity index (χ3v) is 2.79. The van der Waals surface area contributed by atoms with Gasteiger partial charge < -0.3 is 10.1 Å². The molecule has 0 heterocycles. The van der Waals surface area contributed by atoms with Crippen LogP contribution in [0.25, 0.3) is 0 Å². The maximum atomic E-state index is 11.4. The molecule has 1 aromatic carbocycles. The lowest BCUT2D eigenvalue weighted by Gasteiger charge is -2.10. The summed E-state index contributed by atoms with van der Waals surface area (Å²) < 4.78 is 4.98. The average Bonchev–Trinajstić information content (AvgIpc) is 2.29. The van der Waals surface area contributed by atoms with Gasteiger partial charge in [0.25, 0.3) is 0 Å². The van der Waals surface area contributed by atoms with E-state index in [1.165, 1.54) is 0 Å². The molecule has 4 nitrogen and oxygen atoms in total. The van der Waals surface area contributed by atoms with Crippen LogP contribution in [0.1, 0.15) is 13.8 Å². The Labute approximate surface area is 117 Å². The molecule has 0 atom stereocenters. The van der Waals surface area contributed by atoms with Crippen molar-refractivity contribution in [2.24, 2.45) is 0 Å². The zero-order valence-electron chi connectivity index (χ0n) is 10.3. The van der Waals surface area contributed by atoms with Crippen molar-refractivity contribution < 1.29 is 9.53 Å². The van der Waals surface area contributed by atoms with E-state index in [0.717, 1.165) is 0 Å². The van der Waals surface area contributed by atoms with Crippen LogP contribution in [0.15, 0.2) is 18.2 Å². The first-order valence-electron chi connectivity index (χ1n) is 5.61. The van der Waals surface area contributed by atoms with Crippen molar-refractivity contribution in [3.8, 4) is 0 Å². The maximum Gasteiger partial charge on any atom is 0.411 e. The summed E-state index contributed by atoms with van der Waals surface area (Å²) in [6.45, 7) is 4.98. The largest absolute Gasteiger partial charge is 0.448 e. The van der Waals surface area contributed by atoms with E-state index in [0.29, 0.717) is 34.9 Å². The van der Waals surface area contributed by atoms with E-state index in [9.17, 15) is 4.79 Å². The third-order valence-electron chi connectivity index (χ3n) is 2.05. The summed E-state index contributed by atoms with van der Waals surface area (Å²) in [5.74, 6) is 0. The molecule has 0 radical (unpaired) electrons. The first-order chi connectivity index (χ1) is 8.49. The lowest BCUT2D eigenvalue weighted by molar-refractivity contribution is 0.161. The second-order valence-corrected chi connectivity index (χ2v) is 4.81. The van der Waals surface area contributed by atoms with Gasteiger partial charge >= 0.3 is 6.09 Å². The molecule has 0 saturated carbocycles. The van der Waals surface area contributed by atoms with E-state index in [1.807, 2.05) is 13.8 Å². The number of carbonyl (C=O) groups is 1. The minimum absolute atomic E-state index is 0.311. The second kappa shape index (κ2) is 7.46. The normalized spacial score (nSPS) is 10.5. The first-order valence-corrected chi connectivity index (χ1v) is 6.37. The van der Waals surface area contributed by atoms with E-state index >= 15 is 0 Å². The fraction of sp³-hybridized carbons (Fsp3) is 0.417. The number of nitrogens with one attached hydrogen (secondary N) is 2. The van der Waals surface area contributed by atoms with Gasteiger partial charge in [0.1, 0.15) is 6.61 Å². The van der Waals surface area contributed by atoms with Crippen molar-refractivity contribution in [3.05, 3.63) is 28.2 Å². The Morgan fingerprint density at radius 3 is 2.67 bits per heavy atom. The van der Waals surface area contributed by atoms with Gasteiger partial charge in [0, 0.05) is 18.3 Å². The summed E-state index contributed by atoms with van der Waals surface area (Å²) in [4.78, 5) is 11.4. The van der Waals surface area contributed by atoms with Crippen LogP contribution in [0.4, 0.5) is 10.5 Å². The number of benzene rings is 1. The van der Waals surface area contributed by atoms with Gasteiger partial charge in [-0.25, -0.2) is 4.79 Å². The van der Waals surface area contributed by atoms with Crippen molar-refractivity contribution in [1.82, 2.24) is 5.32 Å².